The van der Waals surface area contributed by atoms with E-state index in [0.717, 1.165) is 18.6 Å². The van der Waals surface area contributed by atoms with Crippen LogP contribution >= 0.6 is 0 Å². The van der Waals surface area contributed by atoms with Gasteiger partial charge in [-0.1, -0.05) is 12.1 Å². The number of pyridine rings is 2. The zero-order valence-electron chi connectivity index (χ0n) is 16.7. The van der Waals surface area contributed by atoms with Gasteiger partial charge in [0.1, 0.15) is 12.8 Å². The number of hydrogen-bond donors (Lipinski definition) is 1. The second-order valence-electron chi connectivity index (χ2n) is 8.07. The second-order valence-corrected chi connectivity index (χ2v) is 8.07. The van der Waals surface area contributed by atoms with E-state index in [0.29, 0.717) is 25.3 Å². The van der Waals surface area contributed by atoms with Gasteiger partial charge in [-0.15, -0.1) is 0 Å². The van der Waals surface area contributed by atoms with Crippen LogP contribution in [0.3, 0.4) is 0 Å². The van der Waals surface area contributed by atoms with Crippen LogP contribution in [0.5, 0.6) is 0 Å². The minimum Gasteiger partial charge on any atom is -0.399 e. The van der Waals surface area contributed by atoms with Crippen molar-refractivity contribution in [1.29, 1.82) is 0 Å². The van der Waals surface area contributed by atoms with Gasteiger partial charge in [0.2, 0.25) is 5.43 Å². The summed E-state index contributed by atoms with van der Waals surface area (Å²) in [4.78, 5) is 35.9. The topological polar surface area (TPSA) is 103 Å². The van der Waals surface area contributed by atoms with Gasteiger partial charge in [0.05, 0.1) is 23.2 Å². The molecule has 0 unspecified atom stereocenters. The van der Waals surface area contributed by atoms with E-state index in [4.69, 9.17) is 10.6 Å². The molecular formula is C20H24FN5O3. The molecule has 3 heterocycles. The van der Waals surface area contributed by atoms with Gasteiger partial charge in [0, 0.05) is 30.7 Å². The van der Waals surface area contributed by atoms with Crippen molar-refractivity contribution in [3.8, 4) is 0 Å². The maximum Gasteiger partial charge on any atom is 0.201 e. The van der Waals surface area contributed by atoms with E-state index in [9.17, 15) is 9.59 Å². The van der Waals surface area contributed by atoms with Crippen molar-refractivity contribution >= 4 is 28.3 Å². The van der Waals surface area contributed by atoms with Gasteiger partial charge in [-0.05, 0) is 25.8 Å². The van der Waals surface area contributed by atoms with Crippen molar-refractivity contribution in [1.82, 2.24) is 9.55 Å². The largest absolute Gasteiger partial charge is 0.399 e. The number of halogens is 1. The number of carbonyl (C=O) groups excluding carboxylic acids is 1. The van der Waals surface area contributed by atoms with Gasteiger partial charge in [0.25, 0.3) is 0 Å². The summed E-state index contributed by atoms with van der Waals surface area (Å²) in [6.45, 7) is 4.38. The van der Waals surface area contributed by atoms with Crippen molar-refractivity contribution in [3.05, 3.63) is 33.9 Å². The highest BCUT2D eigenvalue weighted by molar-refractivity contribution is 5.98. The number of ketones is 1. The summed E-state index contributed by atoms with van der Waals surface area (Å²) in [7, 11) is 1.46. The quantitative estimate of drug-likeness (QED) is 0.606. The van der Waals surface area contributed by atoms with Gasteiger partial charge in [-0.2, -0.15) is 0 Å². The van der Waals surface area contributed by atoms with Gasteiger partial charge >= 0.3 is 0 Å². The summed E-state index contributed by atoms with van der Waals surface area (Å²) >= 11 is 0. The second kappa shape index (κ2) is 6.91. The molecule has 2 N–H and O–H groups in total. The van der Waals surface area contributed by atoms with Crippen molar-refractivity contribution in [3.63, 3.8) is 0 Å². The molecule has 4 rings (SSSR count). The van der Waals surface area contributed by atoms with Gasteiger partial charge in [0.15, 0.2) is 17.4 Å². The van der Waals surface area contributed by atoms with Crippen molar-refractivity contribution in [2.45, 2.75) is 32.7 Å². The summed E-state index contributed by atoms with van der Waals surface area (Å²) < 4.78 is 16.9. The van der Waals surface area contributed by atoms with Crippen molar-refractivity contribution in [2.75, 3.05) is 31.6 Å². The van der Waals surface area contributed by atoms with Crippen LogP contribution in [0.25, 0.3) is 11.0 Å². The number of fused-ring (bicyclic) bond motifs is 1. The number of oxime groups is 1. The van der Waals surface area contributed by atoms with Crippen LogP contribution in [0.15, 0.2) is 22.2 Å². The van der Waals surface area contributed by atoms with E-state index in [1.54, 1.807) is 11.1 Å². The van der Waals surface area contributed by atoms with E-state index in [2.05, 4.69) is 10.1 Å². The fourth-order valence-electron chi connectivity index (χ4n) is 3.86. The number of rotatable bonds is 5. The number of anilines is 1. The Bertz CT molecular complexity index is 1090. The monoisotopic (exact) mass is 401 g/mol. The fraction of sp³-hybridized carbons (Fsp3) is 0.500. The molecule has 2 aliphatic rings. The first-order chi connectivity index (χ1) is 13.8. The Morgan fingerprint density at radius 1 is 1.48 bits per heavy atom. The van der Waals surface area contributed by atoms with E-state index >= 15 is 4.39 Å². The molecule has 2 aromatic rings. The van der Waals surface area contributed by atoms with Crippen LogP contribution in [0.4, 0.5) is 10.2 Å². The number of Topliss-reactive ketones (excluding diaryl/α,β-unsaturated/α-hetero) is 1. The lowest BCUT2D eigenvalue weighted by atomic mass is 9.88. The maximum absolute atomic E-state index is 15.1. The van der Waals surface area contributed by atoms with Gasteiger partial charge in [-0.25, -0.2) is 9.37 Å². The lowest BCUT2D eigenvalue weighted by Gasteiger charge is -2.23. The smallest absolute Gasteiger partial charge is 0.201 e. The zero-order chi connectivity index (χ0) is 20.9. The number of nitrogens with two attached hydrogens (primary N) is 1. The van der Waals surface area contributed by atoms with Crippen LogP contribution in [0.1, 0.15) is 43.1 Å². The first kappa shape index (κ1) is 19.5. The highest BCUT2D eigenvalue weighted by Crippen LogP contribution is 2.38. The normalized spacial score (nSPS) is 23.2. The minimum absolute atomic E-state index is 0.0599. The Labute approximate surface area is 167 Å². The molecule has 29 heavy (non-hydrogen) atoms. The molecule has 1 aliphatic carbocycles. The van der Waals surface area contributed by atoms with Crippen LogP contribution in [-0.4, -0.2) is 47.8 Å². The number of hydrogen-bond acceptors (Lipinski definition) is 7. The predicted molar refractivity (Wildman–Crippen MR) is 108 cm³/mol. The third-order valence-corrected chi connectivity index (χ3v) is 5.79. The molecule has 0 bridgehead atoms. The molecule has 0 aromatic carbocycles. The Balaban J connectivity index is 1.87. The van der Waals surface area contributed by atoms with Crippen LogP contribution in [-0.2, 0) is 4.84 Å². The minimum atomic E-state index is -0.615. The molecule has 1 aliphatic heterocycles. The average molecular weight is 401 g/mol. The summed E-state index contributed by atoms with van der Waals surface area (Å²) in [6.07, 6.45) is 3.43. The lowest BCUT2D eigenvalue weighted by Crippen LogP contribution is -2.36. The van der Waals surface area contributed by atoms with E-state index < -0.39 is 16.7 Å². The Morgan fingerprint density at radius 2 is 2.21 bits per heavy atom. The molecule has 1 atom stereocenters. The number of nitrogens with zero attached hydrogens (tertiary/aromatic N) is 4. The molecule has 0 spiro atoms. The lowest BCUT2D eigenvalue weighted by molar-refractivity contribution is 0.101. The summed E-state index contributed by atoms with van der Waals surface area (Å²) in [5.41, 5.74) is 6.16. The third kappa shape index (κ3) is 3.19. The van der Waals surface area contributed by atoms with Gasteiger partial charge in [-0.3, -0.25) is 9.59 Å². The Kier molecular flexibility index (Phi) is 4.65. The Morgan fingerprint density at radius 3 is 2.79 bits per heavy atom. The third-order valence-electron chi connectivity index (χ3n) is 5.79. The molecule has 0 radical (unpaired) electrons. The highest BCUT2D eigenvalue weighted by atomic mass is 19.1. The molecule has 1 saturated heterocycles. The fourth-order valence-corrected chi connectivity index (χ4v) is 3.86. The number of carbonyl (C=O) groups is 1. The molecule has 0 amide bonds. The first-order valence-corrected chi connectivity index (χ1v) is 9.61. The summed E-state index contributed by atoms with van der Waals surface area (Å²) in [5.74, 6) is -0.812. The highest BCUT2D eigenvalue weighted by Gasteiger charge is 2.41. The average Bonchev–Trinajstić information content (AvgIpc) is 3.47. The van der Waals surface area contributed by atoms with Crippen LogP contribution in [0, 0.1) is 11.2 Å². The van der Waals surface area contributed by atoms with Crippen LogP contribution in [0.2, 0.25) is 0 Å². The standard InChI is InChI=1S/C20H24FN5O3/c1-11(27)14-7-26(12-4-5-12)18-13(17(14)28)6-15(21)19(23-18)25-8-16(24-29-3)20(2,9-22)10-25/h6-7,12H,4-5,8-10,22H2,1-3H3/b24-16-/t20-/m1/s1. The van der Waals surface area contributed by atoms with Gasteiger partial charge < -0.3 is 20.0 Å². The summed E-state index contributed by atoms with van der Waals surface area (Å²) in [6, 6.07) is 1.36. The molecule has 9 heteroatoms. The Hall–Kier alpha value is -2.81. The van der Waals surface area contributed by atoms with E-state index in [1.165, 1.54) is 20.1 Å². The molecule has 2 aromatic heterocycles. The maximum atomic E-state index is 15.1. The SMILES string of the molecule is CO/N=C1/CN(c2nc3c(cc2F)c(=O)c(C(C)=O)cn3C2CC2)C[C@@]1(C)CN. The zero-order valence-corrected chi connectivity index (χ0v) is 16.7. The molecule has 8 nitrogen and oxygen atoms in total. The van der Waals surface area contributed by atoms with E-state index in [1.807, 2.05) is 11.5 Å². The van der Waals surface area contributed by atoms with Crippen molar-refractivity contribution in [2.24, 2.45) is 16.3 Å². The van der Waals surface area contributed by atoms with Crippen molar-refractivity contribution < 1.29 is 14.0 Å². The first-order valence-electron chi connectivity index (χ1n) is 9.61. The molecule has 154 valence electrons. The van der Waals surface area contributed by atoms with Crippen LogP contribution < -0.4 is 16.1 Å². The van der Waals surface area contributed by atoms with E-state index in [-0.39, 0.29) is 28.6 Å². The molecule has 2 fully saturated rings. The molecular weight excluding hydrogens is 377 g/mol. The summed E-state index contributed by atoms with van der Waals surface area (Å²) in [5, 5.41) is 4.19. The number of aromatic nitrogens is 2. The predicted octanol–water partition coefficient (Wildman–Crippen LogP) is 1.86. The molecule has 1 saturated carbocycles.